The summed E-state index contributed by atoms with van der Waals surface area (Å²) >= 11 is 3.01. The summed E-state index contributed by atoms with van der Waals surface area (Å²) in [5.74, 6) is -0.0232. The molecule has 2 aromatic rings. The number of rotatable bonds is 6. The summed E-state index contributed by atoms with van der Waals surface area (Å²) in [6, 6.07) is 0. The molecule has 2 heterocycles. The van der Waals surface area contributed by atoms with Gasteiger partial charge in [-0.3, -0.25) is 14.8 Å². The molecule has 7 nitrogen and oxygen atoms in total. The minimum atomic E-state index is -0.309. The van der Waals surface area contributed by atoms with Crippen molar-refractivity contribution in [1.82, 2.24) is 20.0 Å². The zero-order chi connectivity index (χ0) is 15.4. The number of ether oxygens (including phenoxy) is 1. The second kappa shape index (κ2) is 6.90. The van der Waals surface area contributed by atoms with Gasteiger partial charge < -0.3 is 4.74 Å². The third-order valence-corrected chi connectivity index (χ3v) is 4.93. The highest BCUT2D eigenvalue weighted by Crippen LogP contribution is 2.30. The number of hydrogen-bond donors (Lipinski definition) is 1. The molecule has 0 saturated heterocycles. The maximum atomic E-state index is 12.2. The SMILES string of the molecule is CC[C@@H](C)Sc1nnc(NC(=O)c2cn(C)nc2OC)s1. The number of thioether (sulfide) groups is 1. The molecule has 0 unspecified atom stereocenters. The first-order valence-corrected chi connectivity index (χ1v) is 8.12. The van der Waals surface area contributed by atoms with Crippen molar-refractivity contribution in [3.63, 3.8) is 0 Å². The Balaban J connectivity index is 2.06. The molecular formula is C12H17N5O2S2. The van der Waals surface area contributed by atoms with Crippen molar-refractivity contribution in [2.45, 2.75) is 29.9 Å². The van der Waals surface area contributed by atoms with Gasteiger partial charge in [-0.05, 0) is 6.42 Å². The Morgan fingerprint density at radius 3 is 3.00 bits per heavy atom. The molecule has 0 aromatic carbocycles. The average molecular weight is 327 g/mol. The van der Waals surface area contributed by atoms with Gasteiger partial charge in [-0.1, -0.05) is 36.9 Å². The van der Waals surface area contributed by atoms with Crippen LogP contribution in [-0.4, -0.2) is 38.2 Å². The topological polar surface area (TPSA) is 81.9 Å². The molecule has 1 atom stereocenters. The lowest BCUT2D eigenvalue weighted by atomic mass is 10.3. The number of hydrogen-bond acceptors (Lipinski definition) is 7. The summed E-state index contributed by atoms with van der Waals surface area (Å²) in [5.41, 5.74) is 0.367. The maximum absolute atomic E-state index is 12.2. The maximum Gasteiger partial charge on any atom is 0.264 e. The standard InChI is InChI=1S/C12H17N5O2S2/c1-5-7(2)20-12-15-14-11(21-12)13-9(18)8-6-17(3)16-10(8)19-4/h6-7H,5H2,1-4H3,(H,13,14,18)/t7-/m1/s1. The van der Waals surface area contributed by atoms with Crippen LogP contribution in [0.1, 0.15) is 30.6 Å². The van der Waals surface area contributed by atoms with Gasteiger partial charge in [0.1, 0.15) is 5.56 Å². The highest BCUT2D eigenvalue weighted by molar-refractivity contribution is 8.01. The first kappa shape index (κ1) is 15.8. The molecule has 114 valence electrons. The van der Waals surface area contributed by atoms with Gasteiger partial charge in [0, 0.05) is 18.5 Å². The van der Waals surface area contributed by atoms with Crippen molar-refractivity contribution in [2.75, 3.05) is 12.4 Å². The molecule has 1 amide bonds. The molecule has 0 bridgehead atoms. The zero-order valence-electron chi connectivity index (χ0n) is 12.3. The fraction of sp³-hybridized carbons (Fsp3) is 0.500. The summed E-state index contributed by atoms with van der Waals surface area (Å²) in [5, 5.41) is 15.7. The van der Waals surface area contributed by atoms with Gasteiger partial charge in [0.25, 0.3) is 5.91 Å². The Bertz CT molecular complexity index is 625. The van der Waals surface area contributed by atoms with E-state index in [2.05, 4.69) is 34.5 Å². The van der Waals surface area contributed by atoms with Gasteiger partial charge in [-0.15, -0.1) is 15.3 Å². The number of anilines is 1. The van der Waals surface area contributed by atoms with Crippen molar-refractivity contribution in [3.8, 4) is 5.88 Å². The van der Waals surface area contributed by atoms with Crippen LogP contribution in [-0.2, 0) is 7.05 Å². The number of carbonyl (C=O) groups is 1. The smallest absolute Gasteiger partial charge is 0.264 e. The number of methoxy groups -OCH3 is 1. The van der Waals surface area contributed by atoms with Crippen LogP contribution < -0.4 is 10.1 Å². The fourth-order valence-corrected chi connectivity index (χ4v) is 3.50. The fourth-order valence-electron chi connectivity index (χ4n) is 1.50. The highest BCUT2D eigenvalue weighted by Gasteiger charge is 2.18. The summed E-state index contributed by atoms with van der Waals surface area (Å²) < 4.78 is 7.44. The van der Waals surface area contributed by atoms with Crippen molar-refractivity contribution in [3.05, 3.63) is 11.8 Å². The van der Waals surface area contributed by atoms with E-state index >= 15 is 0 Å². The molecule has 0 aliphatic carbocycles. The van der Waals surface area contributed by atoms with Crippen LogP contribution in [0.2, 0.25) is 0 Å². The molecule has 0 saturated carbocycles. The number of aromatic nitrogens is 4. The quantitative estimate of drug-likeness (QED) is 0.648. The van der Waals surface area contributed by atoms with Gasteiger partial charge >= 0.3 is 0 Å². The molecule has 2 aromatic heterocycles. The van der Waals surface area contributed by atoms with E-state index in [1.54, 1.807) is 25.0 Å². The van der Waals surface area contributed by atoms with E-state index in [4.69, 9.17) is 4.74 Å². The molecule has 0 aliphatic rings. The summed E-state index contributed by atoms with van der Waals surface area (Å²) in [6.45, 7) is 4.25. The lowest BCUT2D eigenvalue weighted by molar-refractivity contribution is 0.102. The average Bonchev–Trinajstić information content (AvgIpc) is 3.05. The molecule has 0 spiro atoms. The predicted octanol–water partition coefficient (Wildman–Crippen LogP) is 2.42. The Kier molecular flexibility index (Phi) is 5.18. The van der Waals surface area contributed by atoms with Crippen LogP contribution in [0.4, 0.5) is 5.13 Å². The number of aryl methyl sites for hydroxylation is 1. The lowest BCUT2D eigenvalue weighted by Crippen LogP contribution is -2.12. The Hall–Kier alpha value is -1.61. The predicted molar refractivity (Wildman–Crippen MR) is 83.2 cm³/mol. The molecule has 1 N–H and O–H groups in total. The first-order chi connectivity index (χ1) is 10.0. The van der Waals surface area contributed by atoms with E-state index in [9.17, 15) is 4.79 Å². The number of amides is 1. The summed E-state index contributed by atoms with van der Waals surface area (Å²) in [6.07, 6.45) is 2.66. The van der Waals surface area contributed by atoms with E-state index in [1.807, 2.05) is 0 Å². The molecule has 0 fully saturated rings. The Morgan fingerprint density at radius 1 is 1.57 bits per heavy atom. The normalized spacial score (nSPS) is 12.2. The van der Waals surface area contributed by atoms with Gasteiger partial charge in [0.05, 0.1) is 7.11 Å². The van der Waals surface area contributed by atoms with Crippen molar-refractivity contribution >= 4 is 34.1 Å². The Morgan fingerprint density at radius 2 is 2.33 bits per heavy atom. The minimum Gasteiger partial charge on any atom is -0.479 e. The molecule has 9 heteroatoms. The second-order valence-corrected chi connectivity index (χ2v) is 7.05. The third kappa shape index (κ3) is 3.94. The van der Waals surface area contributed by atoms with Crippen LogP contribution >= 0.6 is 23.1 Å². The van der Waals surface area contributed by atoms with Gasteiger partial charge in [0.15, 0.2) is 4.34 Å². The molecule has 0 aliphatic heterocycles. The number of nitrogens with one attached hydrogen (secondary N) is 1. The van der Waals surface area contributed by atoms with E-state index in [0.29, 0.717) is 15.9 Å². The van der Waals surface area contributed by atoms with Gasteiger partial charge in [-0.2, -0.15) is 0 Å². The zero-order valence-corrected chi connectivity index (χ0v) is 13.9. The molecule has 2 rings (SSSR count). The van der Waals surface area contributed by atoms with E-state index in [0.717, 1.165) is 10.8 Å². The third-order valence-electron chi connectivity index (χ3n) is 2.74. The van der Waals surface area contributed by atoms with E-state index in [-0.39, 0.29) is 11.8 Å². The molecular weight excluding hydrogens is 310 g/mol. The van der Waals surface area contributed by atoms with Gasteiger partial charge in [0.2, 0.25) is 11.0 Å². The largest absolute Gasteiger partial charge is 0.479 e. The van der Waals surface area contributed by atoms with E-state index in [1.165, 1.54) is 23.1 Å². The summed E-state index contributed by atoms with van der Waals surface area (Å²) in [4.78, 5) is 12.2. The van der Waals surface area contributed by atoms with E-state index < -0.39 is 0 Å². The highest BCUT2D eigenvalue weighted by atomic mass is 32.2. The van der Waals surface area contributed by atoms with Crippen molar-refractivity contribution in [1.29, 1.82) is 0 Å². The van der Waals surface area contributed by atoms with Crippen LogP contribution in [0.25, 0.3) is 0 Å². The van der Waals surface area contributed by atoms with Crippen molar-refractivity contribution in [2.24, 2.45) is 7.05 Å². The van der Waals surface area contributed by atoms with Crippen molar-refractivity contribution < 1.29 is 9.53 Å². The minimum absolute atomic E-state index is 0.286. The molecule has 0 radical (unpaired) electrons. The Labute approximate surface area is 131 Å². The summed E-state index contributed by atoms with van der Waals surface area (Å²) in [7, 11) is 3.20. The van der Waals surface area contributed by atoms with Crippen LogP contribution in [0.15, 0.2) is 10.5 Å². The molecule has 21 heavy (non-hydrogen) atoms. The van der Waals surface area contributed by atoms with Crippen LogP contribution in [0.3, 0.4) is 0 Å². The van der Waals surface area contributed by atoms with Crippen LogP contribution in [0.5, 0.6) is 5.88 Å². The number of nitrogens with zero attached hydrogens (tertiary/aromatic N) is 4. The van der Waals surface area contributed by atoms with Crippen LogP contribution in [0, 0.1) is 0 Å². The first-order valence-electron chi connectivity index (χ1n) is 6.42. The lowest BCUT2D eigenvalue weighted by Gasteiger charge is -2.02. The second-order valence-electron chi connectivity index (χ2n) is 4.39. The monoisotopic (exact) mass is 327 g/mol. The van der Waals surface area contributed by atoms with Gasteiger partial charge in [-0.25, -0.2) is 0 Å². The number of carbonyl (C=O) groups excluding carboxylic acids is 1.